The van der Waals surface area contributed by atoms with Gasteiger partial charge in [-0.3, -0.25) is 4.79 Å². The highest BCUT2D eigenvalue weighted by molar-refractivity contribution is 7.88. The Morgan fingerprint density at radius 2 is 1.58 bits per heavy atom. The van der Waals surface area contributed by atoms with E-state index < -0.39 is 10.0 Å². The molecule has 0 bridgehead atoms. The normalized spacial score (nSPS) is 15.2. The molecule has 7 heteroatoms. The number of anilines is 1. The molecule has 0 aliphatic carbocycles. The van der Waals surface area contributed by atoms with Gasteiger partial charge in [0.25, 0.3) is 0 Å². The van der Waals surface area contributed by atoms with E-state index in [-0.39, 0.29) is 17.6 Å². The first-order valence-electron chi connectivity index (χ1n) is 11.1. The molecule has 1 saturated heterocycles. The topological polar surface area (TPSA) is 75.7 Å². The summed E-state index contributed by atoms with van der Waals surface area (Å²) in [7, 11) is -3.43. The Bertz CT molecular complexity index is 1200. The van der Waals surface area contributed by atoms with E-state index in [0.717, 1.165) is 11.1 Å². The number of carbonyl (C=O) groups is 1. The molecule has 3 aromatic rings. The van der Waals surface area contributed by atoms with Gasteiger partial charge in [0.1, 0.15) is 5.75 Å². The summed E-state index contributed by atoms with van der Waals surface area (Å²) in [4.78, 5) is 12.9. The van der Waals surface area contributed by atoms with E-state index >= 15 is 0 Å². The van der Waals surface area contributed by atoms with Crippen LogP contribution in [0.2, 0.25) is 0 Å². The second kappa shape index (κ2) is 10.2. The summed E-state index contributed by atoms with van der Waals surface area (Å²) in [5.41, 5.74) is 2.38. The van der Waals surface area contributed by atoms with Crippen molar-refractivity contribution in [2.45, 2.75) is 25.5 Å². The molecule has 3 aromatic carbocycles. The fraction of sp³-hybridized carbons (Fsp3) is 0.269. The van der Waals surface area contributed by atoms with Crippen molar-refractivity contribution in [3.05, 3.63) is 90.0 Å². The van der Waals surface area contributed by atoms with Crippen LogP contribution >= 0.6 is 0 Å². The standard InChI is InChI=1S/C26H28N2O4S/c1-20-9-5-6-10-22(20)19-33(30,31)28-17-15-21(16-18-28)26(29)27-24-13-7-8-14-25(24)32-23-11-3-2-4-12-23/h2-14,21H,15-19H2,1H3,(H,27,29). The second-order valence-electron chi connectivity index (χ2n) is 8.26. The van der Waals surface area contributed by atoms with E-state index in [9.17, 15) is 13.2 Å². The van der Waals surface area contributed by atoms with Crippen LogP contribution in [0.3, 0.4) is 0 Å². The van der Waals surface area contributed by atoms with Crippen LogP contribution in [0.25, 0.3) is 0 Å². The van der Waals surface area contributed by atoms with Crippen molar-refractivity contribution in [3.63, 3.8) is 0 Å². The Morgan fingerprint density at radius 1 is 0.939 bits per heavy atom. The summed E-state index contributed by atoms with van der Waals surface area (Å²) >= 11 is 0. The van der Waals surface area contributed by atoms with Crippen LogP contribution in [0, 0.1) is 12.8 Å². The Morgan fingerprint density at radius 3 is 2.30 bits per heavy atom. The molecule has 0 radical (unpaired) electrons. The van der Waals surface area contributed by atoms with Crippen molar-refractivity contribution < 1.29 is 17.9 Å². The lowest BCUT2D eigenvalue weighted by Gasteiger charge is -2.30. The van der Waals surface area contributed by atoms with Crippen molar-refractivity contribution in [3.8, 4) is 11.5 Å². The van der Waals surface area contributed by atoms with Crippen LogP contribution in [-0.2, 0) is 20.6 Å². The Hall–Kier alpha value is -3.16. The number of hydrogen-bond acceptors (Lipinski definition) is 4. The minimum Gasteiger partial charge on any atom is -0.455 e. The van der Waals surface area contributed by atoms with E-state index in [4.69, 9.17) is 4.74 Å². The van der Waals surface area contributed by atoms with E-state index in [1.165, 1.54) is 4.31 Å². The summed E-state index contributed by atoms with van der Waals surface area (Å²) in [6, 6.07) is 24.2. The van der Waals surface area contributed by atoms with Crippen LogP contribution in [0.5, 0.6) is 11.5 Å². The average Bonchev–Trinajstić information content (AvgIpc) is 2.82. The molecule has 0 atom stereocenters. The predicted octanol–water partition coefficient (Wildman–Crippen LogP) is 4.97. The van der Waals surface area contributed by atoms with Crippen molar-refractivity contribution in [1.29, 1.82) is 0 Å². The molecule has 0 spiro atoms. The van der Waals surface area contributed by atoms with E-state index in [1.54, 1.807) is 6.07 Å². The fourth-order valence-corrected chi connectivity index (χ4v) is 5.63. The SMILES string of the molecule is Cc1ccccc1CS(=O)(=O)N1CCC(C(=O)Nc2ccccc2Oc2ccccc2)CC1. The zero-order valence-corrected chi connectivity index (χ0v) is 19.4. The predicted molar refractivity (Wildman–Crippen MR) is 130 cm³/mol. The number of benzene rings is 3. The van der Waals surface area contributed by atoms with Crippen LogP contribution < -0.4 is 10.1 Å². The molecule has 1 fully saturated rings. The summed E-state index contributed by atoms with van der Waals surface area (Å²) in [5.74, 6) is 0.872. The van der Waals surface area contributed by atoms with Gasteiger partial charge in [-0.05, 0) is 55.2 Å². The lowest BCUT2D eigenvalue weighted by molar-refractivity contribution is -0.120. The quantitative estimate of drug-likeness (QED) is 0.536. The van der Waals surface area contributed by atoms with Crippen molar-refractivity contribution in [1.82, 2.24) is 4.31 Å². The van der Waals surface area contributed by atoms with E-state index in [2.05, 4.69) is 5.32 Å². The number of amides is 1. The van der Waals surface area contributed by atoms with Gasteiger partial charge in [0, 0.05) is 19.0 Å². The monoisotopic (exact) mass is 464 g/mol. The largest absolute Gasteiger partial charge is 0.455 e. The minimum atomic E-state index is -3.43. The molecule has 0 aromatic heterocycles. The zero-order chi connectivity index (χ0) is 23.3. The van der Waals surface area contributed by atoms with Crippen molar-refractivity contribution in [2.24, 2.45) is 5.92 Å². The number of nitrogens with zero attached hydrogens (tertiary/aromatic N) is 1. The molecule has 1 heterocycles. The highest BCUT2D eigenvalue weighted by Gasteiger charge is 2.31. The summed E-state index contributed by atoms with van der Waals surface area (Å²) in [6.07, 6.45) is 0.973. The Balaban J connectivity index is 1.36. The van der Waals surface area contributed by atoms with Gasteiger partial charge in [0.2, 0.25) is 15.9 Å². The smallest absolute Gasteiger partial charge is 0.227 e. The van der Waals surface area contributed by atoms with Gasteiger partial charge in [-0.15, -0.1) is 0 Å². The summed E-state index contributed by atoms with van der Waals surface area (Å²) < 4.78 is 33.2. The van der Waals surface area contributed by atoms with Gasteiger partial charge >= 0.3 is 0 Å². The van der Waals surface area contributed by atoms with Crippen molar-refractivity contribution >= 4 is 21.6 Å². The van der Waals surface area contributed by atoms with Gasteiger partial charge in [0.15, 0.2) is 5.75 Å². The first-order valence-corrected chi connectivity index (χ1v) is 12.7. The third-order valence-corrected chi connectivity index (χ3v) is 7.76. The minimum absolute atomic E-state index is 0.0132. The molecule has 6 nitrogen and oxygen atoms in total. The third kappa shape index (κ3) is 5.80. The highest BCUT2D eigenvalue weighted by atomic mass is 32.2. The Labute approximate surface area is 195 Å². The number of aryl methyl sites for hydroxylation is 1. The lowest BCUT2D eigenvalue weighted by Crippen LogP contribution is -2.42. The van der Waals surface area contributed by atoms with Gasteiger partial charge in [0.05, 0.1) is 11.4 Å². The Kier molecular flexibility index (Phi) is 7.11. The average molecular weight is 465 g/mol. The maximum Gasteiger partial charge on any atom is 0.227 e. The first kappa shape index (κ1) is 23.0. The molecule has 0 saturated carbocycles. The van der Waals surface area contributed by atoms with E-state index in [1.807, 2.05) is 79.7 Å². The fourth-order valence-electron chi connectivity index (χ4n) is 3.97. The molecule has 1 amide bonds. The number of sulfonamides is 1. The molecule has 1 aliphatic heterocycles. The van der Waals surface area contributed by atoms with Gasteiger partial charge in [-0.1, -0.05) is 54.6 Å². The van der Waals surface area contributed by atoms with Crippen molar-refractivity contribution in [2.75, 3.05) is 18.4 Å². The maximum atomic E-state index is 12.9. The maximum absolute atomic E-state index is 12.9. The number of hydrogen-bond donors (Lipinski definition) is 1. The number of nitrogens with one attached hydrogen (secondary N) is 1. The molecular weight excluding hydrogens is 436 g/mol. The van der Waals surface area contributed by atoms with Gasteiger partial charge in [-0.2, -0.15) is 0 Å². The number of para-hydroxylation sites is 3. The number of rotatable bonds is 7. The first-order chi connectivity index (χ1) is 15.9. The summed E-state index contributed by atoms with van der Waals surface area (Å²) in [5, 5.41) is 2.97. The number of carbonyl (C=O) groups excluding carboxylic acids is 1. The summed E-state index contributed by atoms with van der Waals surface area (Å²) in [6.45, 7) is 2.60. The molecule has 1 N–H and O–H groups in total. The second-order valence-corrected chi connectivity index (χ2v) is 10.2. The molecule has 172 valence electrons. The molecule has 33 heavy (non-hydrogen) atoms. The van der Waals surface area contributed by atoms with Crippen LogP contribution in [-0.4, -0.2) is 31.7 Å². The number of ether oxygens (including phenoxy) is 1. The molecule has 4 rings (SSSR count). The molecular formula is C26H28N2O4S. The molecule has 1 aliphatic rings. The zero-order valence-electron chi connectivity index (χ0n) is 18.6. The van der Waals surface area contributed by atoms with Crippen LogP contribution in [0.1, 0.15) is 24.0 Å². The van der Waals surface area contributed by atoms with Gasteiger partial charge in [-0.25, -0.2) is 12.7 Å². The lowest BCUT2D eigenvalue weighted by atomic mass is 9.97. The highest BCUT2D eigenvalue weighted by Crippen LogP contribution is 2.30. The third-order valence-electron chi connectivity index (χ3n) is 5.93. The van der Waals surface area contributed by atoms with Crippen LogP contribution in [0.15, 0.2) is 78.9 Å². The van der Waals surface area contributed by atoms with Crippen LogP contribution in [0.4, 0.5) is 5.69 Å². The molecule has 0 unspecified atom stereocenters. The number of piperidine rings is 1. The van der Waals surface area contributed by atoms with Gasteiger partial charge < -0.3 is 10.1 Å². The van der Waals surface area contributed by atoms with E-state index in [0.29, 0.717) is 43.1 Å².